The van der Waals surface area contributed by atoms with Gasteiger partial charge in [-0.25, -0.2) is 0 Å². The van der Waals surface area contributed by atoms with Crippen molar-refractivity contribution in [3.05, 3.63) is 23.3 Å². The van der Waals surface area contributed by atoms with Gasteiger partial charge in [-0.15, -0.1) is 0 Å². The van der Waals surface area contributed by atoms with Crippen LogP contribution in [-0.4, -0.2) is 89.2 Å². The number of ketones is 2. The number of benzene rings is 1. The van der Waals surface area contributed by atoms with E-state index in [0.717, 1.165) is 47.0 Å². The molecule has 1 heterocycles. The van der Waals surface area contributed by atoms with Crippen molar-refractivity contribution < 1.29 is 67.4 Å². The van der Waals surface area contributed by atoms with Gasteiger partial charge in [0.2, 0.25) is 0 Å². The summed E-state index contributed by atoms with van der Waals surface area (Å²) in [6, 6.07) is 0. The van der Waals surface area contributed by atoms with Crippen LogP contribution in [0.1, 0.15) is 48.4 Å². The number of phenolic OH excluding ortho intramolecular Hbond substituents is 2. The molecular weight excluding hydrogens is 556 g/mol. The van der Waals surface area contributed by atoms with Crippen LogP contribution < -0.4 is 4.74 Å². The van der Waals surface area contributed by atoms with E-state index < -0.39 is 100 Å². The number of phenols is 2. The highest BCUT2D eigenvalue weighted by atomic mass is 32.2. The Labute approximate surface area is 231 Å². The molecule has 2 N–H and O–H groups in total. The van der Waals surface area contributed by atoms with Gasteiger partial charge in [0.15, 0.2) is 41.4 Å². The largest absolute Gasteiger partial charge is 0.506 e. The van der Waals surface area contributed by atoms with Gasteiger partial charge >= 0.3 is 23.9 Å². The lowest BCUT2D eigenvalue weighted by Crippen LogP contribution is -2.61. The van der Waals surface area contributed by atoms with Crippen molar-refractivity contribution >= 4 is 47.2 Å². The molecule has 15 heteroatoms. The first kappa shape index (κ1) is 30.4. The predicted octanol–water partition coefficient (Wildman–Crippen LogP) is 1.22. The van der Waals surface area contributed by atoms with Gasteiger partial charge < -0.3 is 38.6 Å². The lowest BCUT2D eigenvalue weighted by Gasteiger charge is -2.44. The van der Waals surface area contributed by atoms with Crippen molar-refractivity contribution in [2.75, 3.05) is 13.7 Å². The number of fused-ring (bicyclic) bond motifs is 1. The zero-order valence-corrected chi connectivity index (χ0v) is 22.8. The molecule has 0 aromatic heterocycles. The monoisotopic (exact) mass is 582 g/mol. The Bertz CT molecular complexity index is 1280. The second-order valence-electron chi connectivity index (χ2n) is 8.56. The number of rotatable bonds is 8. The maximum Gasteiger partial charge on any atom is 0.303 e. The number of hydrogen-bond donors (Lipinski definition) is 2. The van der Waals surface area contributed by atoms with Crippen LogP contribution in [0.15, 0.2) is 17.0 Å². The molecule has 40 heavy (non-hydrogen) atoms. The molecule has 1 aromatic rings. The van der Waals surface area contributed by atoms with Gasteiger partial charge in [-0.2, -0.15) is 0 Å². The molecule has 1 aliphatic carbocycles. The number of carbonyl (C=O) groups excluding carboxylic acids is 6. The lowest BCUT2D eigenvalue weighted by atomic mass is 9.92. The molecule has 1 fully saturated rings. The fraction of sp³-hybridized carbons (Fsp3) is 0.440. The van der Waals surface area contributed by atoms with Gasteiger partial charge in [-0.05, 0) is 12.2 Å². The second-order valence-corrected chi connectivity index (χ2v) is 9.67. The van der Waals surface area contributed by atoms with Crippen LogP contribution >= 0.6 is 11.8 Å². The number of hydrogen-bond acceptors (Lipinski definition) is 15. The molecule has 1 saturated heterocycles. The summed E-state index contributed by atoms with van der Waals surface area (Å²) in [5.74, 6) is -6.68. The quantitative estimate of drug-likeness (QED) is 0.252. The third-order valence-corrected chi connectivity index (χ3v) is 6.85. The van der Waals surface area contributed by atoms with Crippen LogP contribution in [-0.2, 0) is 42.9 Å². The van der Waals surface area contributed by atoms with Gasteiger partial charge in [0.1, 0.15) is 23.9 Å². The van der Waals surface area contributed by atoms with Crippen molar-refractivity contribution in [3.8, 4) is 17.2 Å². The Morgan fingerprint density at radius 3 is 1.80 bits per heavy atom. The minimum Gasteiger partial charge on any atom is -0.506 e. The van der Waals surface area contributed by atoms with E-state index in [9.17, 15) is 39.0 Å². The maximum atomic E-state index is 12.6. The predicted molar refractivity (Wildman–Crippen MR) is 132 cm³/mol. The van der Waals surface area contributed by atoms with Gasteiger partial charge in [0.25, 0.3) is 0 Å². The van der Waals surface area contributed by atoms with E-state index in [0.29, 0.717) is 11.8 Å². The summed E-state index contributed by atoms with van der Waals surface area (Å²) in [5, 5.41) is 21.9. The van der Waals surface area contributed by atoms with E-state index >= 15 is 0 Å². The maximum absolute atomic E-state index is 12.6. The van der Waals surface area contributed by atoms with Crippen LogP contribution in [0, 0.1) is 0 Å². The number of aromatic hydroxyl groups is 2. The normalized spacial score (nSPS) is 23.6. The smallest absolute Gasteiger partial charge is 0.303 e. The third kappa shape index (κ3) is 6.37. The molecule has 0 bridgehead atoms. The number of thioether (sulfide) groups is 1. The molecule has 1 aliphatic heterocycles. The van der Waals surface area contributed by atoms with E-state index in [-0.39, 0.29) is 4.90 Å². The van der Waals surface area contributed by atoms with Gasteiger partial charge in [-0.1, -0.05) is 11.8 Å². The molecular formula is C25H26O14S. The van der Waals surface area contributed by atoms with Crippen LogP contribution in [0.4, 0.5) is 0 Å². The highest BCUT2D eigenvalue weighted by Gasteiger charge is 2.53. The molecule has 216 valence electrons. The molecule has 0 spiro atoms. The number of ether oxygens (including phenoxy) is 6. The summed E-state index contributed by atoms with van der Waals surface area (Å²) in [4.78, 5) is 72.2. The zero-order valence-electron chi connectivity index (χ0n) is 22.0. The minimum absolute atomic E-state index is 0.295. The SMILES string of the molecule is COc1c(O)c2c(c(O)c1SC1OC(COC(C)=O)C(OC(C)=O)C(OC(C)=O)C1OC(C)=O)C(=O)C=CC2=O. The molecule has 0 radical (unpaired) electrons. The van der Waals surface area contributed by atoms with E-state index in [2.05, 4.69) is 0 Å². The van der Waals surface area contributed by atoms with Crippen LogP contribution in [0.25, 0.3) is 0 Å². The van der Waals surface area contributed by atoms with Crippen molar-refractivity contribution in [3.63, 3.8) is 0 Å². The lowest BCUT2D eigenvalue weighted by molar-refractivity contribution is -0.237. The first-order chi connectivity index (χ1) is 18.8. The number of carbonyl (C=O) groups is 6. The average Bonchev–Trinajstić information content (AvgIpc) is 2.85. The first-order valence-corrected chi connectivity index (χ1v) is 12.5. The Kier molecular flexibility index (Phi) is 9.42. The topological polar surface area (TPSA) is 198 Å². The van der Waals surface area contributed by atoms with Crippen molar-refractivity contribution in [1.29, 1.82) is 0 Å². The summed E-state index contributed by atoms with van der Waals surface area (Å²) >= 11 is 0.578. The molecule has 0 amide bonds. The van der Waals surface area contributed by atoms with Gasteiger partial charge in [-0.3, -0.25) is 28.8 Å². The van der Waals surface area contributed by atoms with Gasteiger partial charge in [0, 0.05) is 27.7 Å². The Morgan fingerprint density at radius 1 is 0.800 bits per heavy atom. The van der Waals surface area contributed by atoms with Crippen LogP contribution in [0.3, 0.4) is 0 Å². The summed E-state index contributed by atoms with van der Waals surface area (Å²) < 4.78 is 32.3. The van der Waals surface area contributed by atoms with E-state index in [1.807, 2.05) is 0 Å². The number of methoxy groups -OCH3 is 1. The van der Waals surface area contributed by atoms with Crippen molar-refractivity contribution in [1.82, 2.24) is 0 Å². The number of allylic oxidation sites excluding steroid dienone is 2. The Balaban J connectivity index is 2.18. The third-order valence-electron chi connectivity index (χ3n) is 5.63. The van der Waals surface area contributed by atoms with Crippen LogP contribution in [0.5, 0.6) is 17.2 Å². The van der Waals surface area contributed by atoms with Crippen molar-refractivity contribution in [2.45, 2.75) is 62.4 Å². The summed E-state index contributed by atoms with van der Waals surface area (Å²) in [7, 11) is 1.13. The molecule has 1 aromatic carbocycles. The summed E-state index contributed by atoms with van der Waals surface area (Å²) in [6.07, 6.45) is -3.87. The zero-order chi connectivity index (χ0) is 29.9. The van der Waals surface area contributed by atoms with E-state index in [4.69, 9.17) is 28.4 Å². The second kappa shape index (κ2) is 12.4. The summed E-state index contributed by atoms with van der Waals surface area (Å²) in [5.41, 5.74) is -2.39. The van der Waals surface area contributed by atoms with Crippen LogP contribution in [0.2, 0.25) is 0 Å². The number of esters is 4. The average molecular weight is 583 g/mol. The van der Waals surface area contributed by atoms with Crippen molar-refractivity contribution in [2.24, 2.45) is 0 Å². The molecule has 2 aliphatic rings. The Hall–Kier alpha value is -4.11. The fourth-order valence-corrected chi connectivity index (χ4v) is 5.45. The molecule has 3 rings (SSSR count). The van der Waals surface area contributed by atoms with E-state index in [1.165, 1.54) is 0 Å². The van der Waals surface area contributed by atoms with E-state index in [1.54, 1.807) is 0 Å². The first-order valence-electron chi connectivity index (χ1n) is 11.7. The van der Waals surface area contributed by atoms with Gasteiger partial charge in [0.05, 0.1) is 23.1 Å². The standard InChI is InChI=1S/C25H26O14S/c1-9(26)35-8-15-20(36-10(2)27)22(37-11(3)28)23(38-12(4)29)25(39-15)40-24-19(33)17-14(31)7-6-13(30)16(17)18(32)21(24)34-5/h6-7,15,20,22-23,25,32-33H,8H2,1-5H3. The molecule has 5 atom stereocenters. The molecule has 14 nitrogen and oxygen atoms in total. The molecule has 0 saturated carbocycles. The fourth-order valence-electron chi connectivity index (χ4n) is 4.18. The Morgan fingerprint density at radius 2 is 1.30 bits per heavy atom. The summed E-state index contributed by atoms with van der Waals surface area (Å²) in [6.45, 7) is 3.80. The highest BCUT2D eigenvalue weighted by Crippen LogP contribution is 2.52. The molecule has 5 unspecified atom stereocenters. The minimum atomic E-state index is -1.51. The highest BCUT2D eigenvalue weighted by molar-refractivity contribution is 8.00.